The number of rotatable bonds is 1. The largest absolute Gasteiger partial charge is 0.381 e. The Kier molecular flexibility index (Phi) is 2.01. The van der Waals surface area contributed by atoms with E-state index in [-0.39, 0.29) is 6.61 Å². The molecule has 0 aromatic carbocycles. The van der Waals surface area contributed by atoms with E-state index in [0.717, 1.165) is 0 Å². The Hall–Kier alpha value is -1.00. The van der Waals surface area contributed by atoms with E-state index >= 15 is 0 Å². The topological polar surface area (TPSA) is 42.4 Å². The van der Waals surface area contributed by atoms with Crippen LogP contribution in [-0.4, -0.2) is 23.3 Å². The van der Waals surface area contributed by atoms with Crippen molar-refractivity contribution in [1.82, 2.24) is 4.98 Å². The van der Waals surface area contributed by atoms with Crippen molar-refractivity contribution in [2.75, 3.05) is 13.2 Å². The van der Waals surface area contributed by atoms with Gasteiger partial charge in [-0.25, -0.2) is 4.98 Å². The molecule has 2 rings (SSSR count). The lowest BCUT2D eigenvalue weighted by atomic mass is 9.99. The number of aromatic nitrogens is 1. The molecule has 13 heavy (non-hydrogen) atoms. The number of aliphatic hydroxyl groups is 1. The summed E-state index contributed by atoms with van der Waals surface area (Å²) in [5.74, 6) is -0.571. The summed E-state index contributed by atoms with van der Waals surface area (Å²) in [6, 6.07) is 4.40. The lowest BCUT2D eigenvalue weighted by Crippen LogP contribution is -2.27. The second kappa shape index (κ2) is 3.05. The molecule has 1 aromatic heterocycles. The van der Waals surface area contributed by atoms with Gasteiger partial charge in [-0.05, 0) is 12.1 Å². The molecule has 0 amide bonds. The number of nitrogens with zero attached hydrogens (tertiary/aromatic N) is 1. The predicted octanol–water partition coefficient (Wildman–Crippen LogP) is 0.829. The van der Waals surface area contributed by atoms with Gasteiger partial charge in [0.05, 0.1) is 12.3 Å². The van der Waals surface area contributed by atoms with Crippen molar-refractivity contribution in [3.05, 3.63) is 29.8 Å². The van der Waals surface area contributed by atoms with Crippen LogP contribution in [0, 0.1) is 5.95 Å². The van der Waals surface area contributed by atoms with Crippen molar-refractivity contribution in [3.63, 3.8) is 0 Å². The zero-order valence-electron chi connectivity index (χ0n) is 7.03. The average Bonchev–Trinajstić information content (AvgIpc) is 2.54. The second-order valence-corrected chi connectivity index (χ2v) is 3.18. The first-order valence-electron chi connectivity index (χ1n) is 4.14. The molecule has 1 unspecified atom stereocenters. The lowest BCUT2D eigenvalue weighted by Gasteiger charge is -2.18. The number of hydrogen-bond donors (Lipinski definition) is 1. The molecule has 70 valence electrons. The SMILES string of the molecule is OC1(c2cccc(F)n2)CCOC1. The molecule has 4 heteroatoms. The van der Waals surface area contributed by atoms with E-state index in [1.54, 1.807) is 6.07 Å². The van der Waals surface area contributed by atoms with Gasteiger partial charge < -0.3 is 9.84 Å². The Bertz CT molecular complexity index is 310. The number of hydrogen-bond acceptors (Lipinski definition) is 3. The van der Waals surface area contributed by atoms with Crippen LogP contribution in [0.5, 0.6) is 0 Å². The summed E-state index contributed by atoms with van der Waals surface area (Å²) in [5.41, 5.74) is -0.743. The molecule has 1 aliphatic rings. The maximum absolute atomic E-state index is 12.7. The molecule has 0 saturated carbocycles. The molecule has 1 fully saturated rings. The highest BCUT2D eigenvalue weighted by molar-refractivity contribution is 5.14. The number of ether oxygens (including phenoxy) is 1. The minimum absolute atomic E-state index is 0.198. The Morgan fingerprint density at radius 3 is 3.00 bits per heavy atom. The highest BCUT2D eigenvalue weighted by Crippen LogP contribution is 2.28. The summed E-state index contributed by atoms with van der Waals surface area (Å²) >= 11 is 0. The molecule has 1 atom stereocenters. The van der Waals surface area contributed by atoms with Crippen LogP contribution in [0.3, 0.4) is 0 Å². The molecule has 2 heterocycles. The van der Waals surface area contributed by atoms with Crippen molar-refractivity contribution in [2.24, 2.45) is 0 Å². The monoisotopic (exact) mass is 183 g/mol. The third kappa shape index (κ3) is 1.55. The van der Waals surface area contributed by atoms with Crippen LogP contribution in [0.1, 0.15) is 12.1 Å². The van der Waals surface area contributed by atoms with Crippen LogP contribution in [0.4, 0.5) is 4.39 Å². The van der Waals surface area contributed by atoms with Gasteiger partial charge in [0.2, 0.25) is 5.95 Å². The quantitative estimate of drug-likeness (QED) is 0.656. The Morgan fingerprint density at radius 2 is 2.38 bits per heavy atom. The van der Waals surface area contributed by atoms with E-state index in [2.05, 4.69) is 4.98 Å². The van der Waals surface area contributed by atoms with Gasteiger partial charge in [0, 0.05) is 13.0 Å². The third-order valence-corrected chi connectivity index (χ3v) is 2.19. The fraction of sp³-hybridized carbons (Fsp3) is 0.444. The molecule has 1 aliphatic heterocycles. The van der Waals surface area contributed by atoms with Crippen LogP contribution < -0.4 is 0 Å². The molecule has 0 spiro atoms. The minimum Gasteiger partial charge on any atom is -0.381 e. The van der Waals surface area contributed by atoms with Crippen LogP contribution in [-0.2, 0) is 10.3 Å². The Labute approximate surface area is 75.2 Å². The number of pyridine rings is 1. The van der Waals surface area contributed by atoms with Crippen molar-refractivity contribution < 1.29 is 14.2 Å². The van der Waals surface area contributed by atoms with Crippen LogP contribution in [0.15, 0.2) is 18.2 Å². The molecule has 0 aliphatic carbocycles. The summed E-state index contributed by atoms with van der Waals surface area (Å²) in [7, 11) is 0. The first-order chi connectivity index (χ1) is 6.21. The van der Waals surface area contributed by atoms with Gasteiger partial charge in [-0.3, -0.25) is 0 Å². The van der Waals surface area contributed by atoms with E-state index in [0.29, 0.717) is 18.7 Å². The first-order valence-corrected chi connectivity index (χ1v) is 4.14. The smallest absolute Gasteiger partial charge is 0.213 e. The van der Waals surface area contributed by atoms with Gasteiger partial charge >= 0.3 is 0 Å². The van der Waals surface area contributed by atoms with Crippen molar-refractivity contribution in [2.45, 2.75) is 12.0 Å². The van der Waals surface area contributed by atoms with E-state index in [4.69, 9.17) is 4.74 Å². The predicted molar refractivity (Wildman–Crippen MR) is 43.5 cm³/mol. The highest BCUT2D eigenvalue weighted by Gasteiger charge is 2.35. The molecule has 3 nitrogen and oxygen atoms in total. The summed E-state index contributed by atoms with van der Waals surface area (Å²) in [4.78, 5) is 3.63. The maximum atomic E-state index is 12.7. The average molecular weight is 183 g/mol. The standard InChI is InChI=1S/C9H10FNO2/c10-8-3-1-2-7(11-8)9(12)4-5-13-6-9/h1-3,12H,4-6H2. The van der Waals surface area contributed by atoms with Crippen molar-refractivity contribution >= 4 is 0 Å². The molecule has 1 N–H and O–H groups in total. The van der Waals surface area contributed by atoms with Crippen molar-refractivity contribution in [1.29, 1.82) is 0 Å². The van der Waals surface area contributed by atoms with Gasteiger partial charge in [0.15, 0.2) is 0 Å². The fourth-order valence-electron chi connectivity index (χ4n) is 1.42. The fourth-order valence-corrected chi connectivity index (χ4v) is 1.42. The van der Waals surface area contributed by atoms with Crippen molar-refractivity contribution in [3.8, 4) is 0 Å². The van der Waals surface area contributed by atoms with E-state index in [1.165, 1.54) is 12.1 Å². The van der Waals surface area contributed by atoms with Crippen LogP contribution in [0.25, 0.3) is 0 Å². The molecular weight excluding hydrogens is 173 g/mol. The molecule has 0 radical (unpaired) electrons. The van der Waals surface area contributed by atoms with Gasteiger partial charge in [0.25, 0.3) is 0 Å². The zero-order valence-corrected chi connectivity index (χ0v) is 7.03. The first kappa shape index (κ1) is 8.59. The molecule has 0 bridgehead atoms. The molecular formula is C9H10FNO2. The highest BCUT2D eigenvalue weighted by atomic mass is 19.1. The summed E-state index contributed by atoms with van der Waals surface area (Å²) < 4.78 is 17.8. The molecule has 1 aromatic rings. The maximum Gasteiger partial charge on any atom is 0.213 e. The third-order valence-electron chi connectivity index (χ3n) is 2.19. The molecule has 1 saturated heterocycles. The summed E-state index contributed by atoms with van der Waals surface area (Å²) in [6.07, 6.45) is 0.476. The number of halogens is 1. The van der Waals surface area contributed by atoms with E-state index in [1.807, 2.05) is 0 Å². The lowest BCUT2D eigenvalue weighted by molar-refractivity contribution is 0.0188. The van der Waals surface area contributed by atoms with Gasteiger partial charge in [0.1, 0.15) is 5.60 Å². The Morgan fingerprint density at radius 1 is 1.54 bits per heavy atom. The van der Waals surface area contributed by atoms with Crippen LogP contribution in [0.2, 0.25) is 0 Å². The summed E-state index contributed by atoms with van der Waals surface area (Å²) in [5, 5.41) is 9.93. The van der Waals surface area contributed by atoms with E-state index in [9.17, 15) is 9.50 Å². The van der Waals surface area contributed by atoms with E-state index < -0.39 is 11.5 Å². The van der Waals surface area contributed by atoms with Gasteiger partial charge in [-0.2, -0.15) is 4.39 Å². The normalized spacial score (nSPS) is 27.8. The Balaban J connectivity index is 2.33. The summed E-state index contributed by atoms with van der Waals surface area (Å²) in [6.45, 7) is 0.693. The zero-order chi connectivity index (χ0) is 9.31. The van der Waals surface area contributed by atoms with Gasteiger partial charge in [-0.1, -0.05) is 6.07 Å². The van der Waals surface area contributed by atoms with Crippen LogP contribution >= 0.6 is 0 Å². The van der Waals surface area contributed by atoms with Gasteiger partial charge in [-0.15, -0.1) is 0 Å². The second-order valence-electron chi connectivity index (χ2n) is 3.18. The minimum atomic E-state index is -1.10.